The average molecular weight is 156 g/mol. The van der Waals surface area contributed by atoms with Crippen molar-refractivity contribution in [1.82, 2.24) is 0 Å². The van der Waals surface area contributed by atoms with Crippen LogP contribution in [-0.4, -0.2) is 24.8 Å². The molecule has 1 aliphatic heterocycles. The fraction of sp³-hybridized carbons (Fsp3) is 0.625. The quantitative estimate of drug-likeness (QED) is 0.440. The molecule has 0 spiro atoms. The van der Waals surface area contributed by atoms with Gasteiger partial charge in [0, 0.05) is 5.57 Å². The van der Waals surface area contributed by atoms with Crippen LogP contribution in [0, 0.1) is 0 Å². The maximum atomic E-state index is 11.0. The molecule has 1 fully saturated rings. The summed E-state index contributed by atoms with van der Waals surface area (Å²) in [6, 6.07) is 0. The first-order valence-electron chi connectivity index (χ1n) is 3.50. The molecule has 1 heterocycles. The third-order valence-electron chi connectivity index (χ3n) is 1.50. The molecule has 3 heteroatoms. The van der Waals surface area contributed by atoms with Gasteiger partial charge in [-0.3, -0.25) is 0 Å². The van der Waals surface area contributed by atoms with Gasteiger partial charge in [0.1, 0.15) is 0 Å². The van der Waals surface area contributed by atoms with Crippen molar-refractivity contribution < 1.29 is 14.3 Å². The molecule has 0 aromatic heterocycles. The summed E-state index contributed by atoms with van der Waals surface area (Å²) in [5.41, 5.74) is 0.0221. The molecule has 0 amide bonds. The molecule has 62 valence electrons. The smallest absolute Gasteiger partial charge is 0.333 e. The van der Waals surface area contributed by atoms with Crippen LogP contribution in [0.3, 0.4) is 0 Å². The van der Waals surface area contributed by atoms with E-state index in [2.05, 4.69) is 6.58 Å². The molecule has 0 unspecified atom stereocenters. The summed E-state index contributed by atoms with van der Waals surface area (Å²) in [6.07, 6.45) is 0. The summed E-state index contributed by atoms with van der Waals surface area (Å²) in [5.74, 6) is -0.337. The predicted octanol–water partition coefficient (Wildman–Crippen LogP) is 0.895. The highest BCUT2D eigenvalue weighted by molar-refractivity contribution is 5.87. The summed E-state index contributed by atoms with van der Waals surface area (Å²) in [6.45, 7) is 7.94. The molecule has 0 aliphatic carbocycles. The second-order valence-corrected chi connectivity index (χ2v) is 3.11. The molecule has 1 aliphatic rings. The molecular weight excluding hydrogens is 144 g/mol. The Balaban J connectivity index is 2.41. The number of rotatable bonds is 2. The highest BCUT2D eigenvalue weighted by Crippen LogP contribution is 2.21. The minimum atomic E-state index is -0.407. The Labute approximate surface area is 66.0 Å². The lowest BCUT2D eigenvalue weighted by molar-refractivity contribution is -0.202. The standard InChI is InChI=1S/C8H12O3/c1-6(2)7(9)11-8(3)4-10-5-8/h1,4-5H2,2-3H3. The van der Waals surface area contributed by atoms with E-state index in [0.717, 1.165) is 0 Å². The molecule has 0 aromatic carbocycles. The second kappa shape index (κ2) is 2.66. The predicted molar refractivity (Wildman–Crippen MR) is 40.1 cm³/mol. The molecule has 0 atom stereocenters. The van der Waals surface area contributed by atoms with Gasteiger partial charge in [-0.15, -0.1) is 0 Å². The van der Waals surface area contributed by atoms with Crippen molar-refractivity contribution in [3.05, 3.63) is 12.2 Å². The van der Waals surface area contributed by atoms with Crippen molar-refractivity contribution in [3.63, 3.8) is 0 Å². The number of ether oxygens (including phenoxy) is 2. The Morgan fingerprint density at radius 1 is 1.64 bits per heavy atom. The number of carbonyl (C=O) groups excluding carboxylic acids is 1. The third-order valence-corrected chi connectivity index (χ3v) is 1.50. The van der Waals surface area contributed by atoms with Crippen LogP contribution in [0.25, 0.3) is 0 Å². The minimum absolute atomic E-state index is 0.337. The van der Waals surface area contributed by atoms with Crippen LogP contribution in [0.4, 0.5) is 0 Å². The monoisotopic (exact) mass is 156 g/mol. The zero-order chi connectivity index (χ0) is 8.48. The van der Waals surface area contributed by atoms with Crippen molar-refractivity contribution in [2.24, 2.45) is 0 Å². The Hall–Kier alpha value is -0.830. The fourth-order valence-corrected chi connectivity index (χ4v) is 0.759. The van der Waals surface area contributed by atoms with Gasteiger partial charge in [0.05, 0.1) is 13.2 Å². The van der Waals surface area contributed by atoms with E-state index in [1.165, 1.54) is 0 Å². The Morgan fingerprint density at radius 3 is 2.45 bits per heavy atom. The van der Waals surface area contributed by atoms with Crippen molar-refractivity contribution in [2.45, 2.75) is 19.4 Å². The lowest BCUT2D eigenvalue weighted by Crippen LogP contribution is -2.50. The lowest BCUT2D eigenvalue weighted by Gasteiger charge is -2.37. The van der Waals surface area contributed by atoms with Crippen molar-refractivity contribution in [1.29, 1.82) is 0 Å². The molecule has 0 N–H and O–H groups in total. The van der Waals surface area contributed by atoms with Crippen molar-refractivity contribution in [3.8, 4) is 0 Å². The van der Waals surface area contributed by atoms with Gasteiger partial charge in [0.2, 0.25) is 0 Å². The van der Waals surface area contributed by atoms with Gasteiger partial charge >= 0.3 is 5.97 Å². The van der Waals surface area contributed by atoms with Crippen molar-refractivity contribution >= 4 is 5.97 Å². The van der Waals surface area contributed by atoms with E-state index in [1.54, 1.807) is 6.92 Å². The first kappa shape index (κ1) is 8.27. The van der Waals surface area contributed by atoms with Crippen LogP contribution in [0.5, 0.6) is 0 Å². The van der Waals surface area contributed by atoms with Crippen molar-refractivity contribution in [2.75, 3.05) is 13.2 Å². The van der Waals surface area contributed by atoms with Gasteiger partial charge in [-0.25, -0.2) is 4.79 Å². The number of carbonyl (C=O) groups is 1. The number of esters is 1. The molecule has 0 saturated carbocycles. The van der Waals surface area contributed by atoms with E-state index in [9.17, 15) is 4.79 Å². The maximum Gasteiger partial charge on any atom is 0.333 e. The van der Waals surface area contributed by atoms with E-state index in [-0.39, 0.29) is 5.97 Å². The highest BCUT2D eigenvalue weighted by Gasteiger charge is 2.37. The topological polar surface area (TPSA) is 35.5 Å². The lowest BCUT2D eigenvalue weighted by atomic mass is 10.1. The van der Waals surface area contributed by atoms with Gasteiger partial charge in [-0.2, -0.15) is 0 Å². The van der Waals surface area contributed by atoms with Crippen LogP contribution in [0.15, 0.2) is 12.2 Å². The highest BCUT2D eigenvalue weighted by atomic mass is 16.6. The van der Waals surface area contributed by atoms with E-state index < -0.39 is 5.60 Å². The Bertz CT molecular complexity index is 192. The van der Waals surface area contributed by atoms with Crippen LogP contribution in [0.1, 0.15) is 13.8 Å². The zero-order valence-corrected chi connectivity index (χ0v) is 6.85. The average Bonchev–Trinajstić information content (AvgIpc) is 1.84. The van der Waals surface area contributed by atoms with Crippen LogP contribution in [0.2, 0.25) is 0 Å². The molecule has 11 heavy (non-hydrogen) atoms. The second-order valence-electron chi connectivity index (χ2n) is 3.11. The van der Waals surface area contributed by atoms with Gasteiger partial charge in [0.25, 0.3) is 0 Å². The van der Waals surface area contributed by atoms with Crippen LogP contribution < -0.4 is 0 Å². The molecule has 0 aromatic rings. The first-order valence-corrected chi connectivity index (χ1v) is 3.50. The molecule has 0 bridgehead atoms. The summed E-state index contributed by atoms with van der Waals surface area (Å²) >= 11 is 0. The summed E-state index contributed by atoms with van der Waals surface area (Å²) < 4.78 is 9.98. The van der Waals surface area contributed by atoms with Gasteiger partial charge < -0.3 is 9.47 Å². The molecule has 0 radical (unpaired) electrons. The van der Waals surface area contributed by atoms with E-state index in [0.29, 0.717) is 18.8 Å². The molecule has 3 nitrogen and oxygen atoms in total. The largest absolute Gasteiger partial charge is 0.451 e. The van der Waals surface area contributed by atoms with E-state index in [4.69, 9.17) is 9.47 Å². The minimum Gasteiger partial charge on any atom is -0.451 e. The zero-order valence-electron chi connectivity index (χ0n) is 6.85. The van der Waals surface area contributed by atoms with Crippen LogP contribution in [-0.2, 0) is 14.3 Å². The van der Waals surface area contributed by atoms with Crippen LogP contribution >= 0.6 is 0 Å². The summed E-state index contributed by atoms with van der Waals surface area (Å²) in [4.78, 5) is 11.0. The first-order chi connectivity index (χ1) is 5.03. The van der Waals surface area contributed by atoms with E-state index in [1.807, 2.05) is 6.92 Å². The van der Waals surface area contributed by atoms with Gasteiger partial charge in [-0.05, 0) is 13.8 Å². The normalized spacial score (nSPS) is 20.2. The number of hydrogen-bond acceptors (Lipinski definition) is 3. The fourth-order valence-electron chi connectivity index (χ4n) is 0.759. The number of hydrogen-bond donors (Lipinski definition) is 0. The summed E-state index contributed by atoms with van der Waals surface area (Å²) in [5, 5.41) is 0. The molecule has 1 saturated heterocycles. The molecule has 1 rings (SSSR count). The SMILES string of the molecule is C=C(C)C(=O)OC1(C)COC1. The Morgan fingerprint density at radius 2 is 2.18 bits per heavy atom. The Kier molecular flexibility index (Phi) is 2.00. The van der Waals surface area contributed by atoms with Gasteiger partial charge in [0.15, 0.2) is 5.60 Å². The van der Waals surface area contributed by atoms with Gasteiger partial charge in [-0.1, -0.05) is 6.58 Å². The maximum absolute atomic E-state index is 11.0. The van der Waals surface area contributed by atoms with E-state index >= 15 is 0 Å². The molecular formula is C8H12O3. The third kappa shape index (κ3) is 1.80. The summed E-state index contributed by atoms with van der Waals surface area (Å²) in [7, 11) is 0.